The smallest absolute Gasteiger partial charge is 0.203 e. The molecule has 1 heterocycles. The van der Waals surface area contributed by atoms with Crippen LogP contribution in [0.1, 0.15) is 35.2 Å². The molecule has 31 heavy (non-hydrogen) atoms. The van der Waals surface area contributed by atoms with Crippen LogP contribution in [0, 0.1) is 19.3 Å². The average molecular weight is 430 g/mol. The second-order valence-electron chi connectivity index (χ2n) is 8.26. The fraction of sp³-hybridized carbons (Fsp3) is 0.296. The Balaban J connectivity index is 1.78. The van der Waals surface area contributed by atoms with E-state index in [9.17, 15) is 0 Å². The Kier molecular flexibility index (Phi) is 6.67. The van der Waals surface area contributed by atoms with Crippen molar-refractivity contribution in [2.75, 3.05) is 11.5 Å². The number of nitrogens with zero attached hydrogens (tertiary/aromatic N) is 2. The first kappa shape index (κ1) is 21.5. The Morgan fingerprint density at radius 2 is 1.39 bits per heavy atom. The van der Waals surface area contributed by atoms with Crippen LogP contribution in [0.3, 0.4) is 0 Å². The van der Waals surface area contributed by atoms with Gasteiger partial charge in [-0.25, -0.2) is 0 Å². The van der Waals surface area contributed by atoms with Crippen LogP contribution in [0.5, 0.6) is 0 Å². The zero-order chi connectivity index (χ0) is 21.8. The van der Waals surface area contributed by atoms with Gasteiger partial charge in [0.05, 0.1) is 23.6 Å². The molecular formula is C27H31N3S. The van der Waals surface area contributed by atoms with Crippen molar-refractivity contribution >= 4 is 22.8 Å². The Morgan fingerprint density at radius 3 is 2.00 bits per heavy atom. The molecular weight excluding hydrogens is 398 g/mol. The summed E-state index contributed by atoms with van der Waals surface area (Å²) in [5.41, 5.74) is 7.95. The van der Waals surface area contributed by atoms with E-state index in [4.69, 9.17) is 5.41 Å². The molecule has 0 aliphatic carbocycles. The first-order valence-electron chi connectivity index (χ1n) is 11.0. The lowest BCUT2D eigenvalue weighted by atomic mass is 10.1. The third-order valence-corrected chi connectivity index (χ3v) is 6.88. The SMILES string of the molecule is CCSC[C@H](Cc1ccc(C)cc1)n1c(=N)n(Cc2ccc(C)cc2)c2ccccc21. The predicted molar refractivity (Wildman–Crippen MR) is 133 cm³/mol. The van der Waals surface area contributed by atoms with E-state index in [1.807, 2.05) is 11.8 Å². The second-order valence-corrected chi connectivity index (χ2v) is 9.58. The average Bonchev–Trinajstić information content (AvgIpc) is 3.05. The van der Waals surface area contributed by atoms with Crippen molar-refractivity contribution in [2.45, 2.75) is 39.8 Å². The molecule has 0 amide bonds. The van der Waals surface area contributed by atoms with Gasteiger partial charge in [-0.2, -0.15) is 11.8 Å². The van der Waals surface area contributed by atoms with Gasteiger partial charge < -0.3 is 9.13 Å². The van der Waals surface area contributed by atoms with Crippen LogP contribution in [0.2, 0.25) is 0 Å². The molecule has 1 N–H and O–H groups in total. The van der Waals surface area contributed by atoms with Crippen LogP contribution < -0.4 is 5.62 Å². The number of thioether (sulfide) groups is 1. The summed E-state index contributed by atoms with van der Waals surface area (Å²) in [6.45, 7) is 7.16. The highest BCUT2D eigenvalue weighted by molar-refractivity contribution is 7.99. The van der Waals surface area contributed by atoms with Gasteiger partial charge >= 0.3 is 0 Å². The van der Waals surface area contributed by atoms with E-state index in [2.05, 4.69) is 103 Å². The van der Waals surface area contributed by atoms with Crippen LogP contribution in [-0.4, -0.2) is 20.6 Å². The number of imidazole rings is 1. The van der Waals surface area contributed by atoms with Crippen LogP contribution in [0.25, 0.3) is 11.0 Å². The van der Waals surface area contributed by atoms with E-state index in [1.165, 1.54) is 22.3 Å². The number of benzene rings is 3. The minimum Gasteiger partial charge on any atom is -0.306 e. The molecule has 3 aromatic carbocycles. The fourth-order valence-electron chi connectivity index (χ4n) is 4.13. The zero-order valence-electron chi connectivity index (χ0n) is 18.6. The van der Waals surface area contributed by atoms with Gasteiger partial charge in [-0.1, -0.05) is 78.7 Å². The second kappa shape index (κ2) is 9.61. The number of hydrogen-bond acceptors (Lipinski definition) is 2. The lowest BCUT2D eigenvalue weighted by molar-refractivity contribution is 0.521. The third kappa shape index (κ3) is 4.80. The summed E-state index contributed by atoms with van der Waals surface area (Å²) in [4.78, 5) is 0. The Hall–Kier alpha value is -2.72. The van der Waals surface area contributed by atoms with Gasteiger partial charge in [0.1, 0.15) is 0 Å². The molecule has 0 bridgehead atoms. The summed E-state index contributed by atoms with van der Waals surface area (Å²) >= 11 is 1.95. The van der Waals surface area contributed by atoms with Gasteiger partial charge in [-0.3, -0.25) is 5.41 Å². The molecule has 0 fully saturated rings. The number of rotatable bonds is 8. The van der Waals surface area contributed by atoms with E-state index in [1.54, 1.807) is 0 Å². The number of fused-ring (bicyclic) bond motifs is 1. The Labute approximate surface area is 189 Å². The van der Waals surface area contributed by atoms with Crippen LogP contribution in [0.15, 0.2) is 72.8 Å². The van der Waals surface area contributed by atoms with E-state index in [-0.39, 0.29) is 6.04 Å². The van der Waals surface area contributed by atoms with Crippen molar-refractivity contribution in [2.24, 2.45) is 0 Å². The Morgan fingerprint density at radius 1 is 0.806 bits per heavy atom. The molecule has 0 aliphatic heterocycles. The van der Waals surface area contributed by atoms with Gasteiger partial charge in [0.15, 0.2) is 0 Å². The van der Waals surface area contributed by atoms with Gasteiger partial charge in [-0.05, 0) is 49.3 Å². The summed E-state index contributed by atoms with van der Waals surface area (Å²) in [5, 5.41) is 9.15. The van der Waals surface area contributed by atoms with Gasteiger partial charge in [0.25, 0.3) is 0 Å². The largest absolute Gasteiger partial charge is 0.306 e. The van der Waals surface area contributed by atoms with Crippen molar-refractivity contribution in [1.82, 2.24) is 9.13 Å². The third-order valence-electron chi connectivity index (χ3n) is 5.85. The van der Waals surface area contributed by atoms with E-state index in [0.717, 1.165) is 29.0 Å². The molecule has 0 saturated carbocycles. The monoisotopic (exact) mass is 429 g/mol. The van der Waals surface area contributed by atoms with Crippen molar-refractivity contribution in [3.8, 4) is 0 Å². The molecule has 0 saturated heterocycles. The van der Waals surface area contributed by atoms with E-state index >= 15 is 0 Å². The number of hydrogen-bond donors (Lipinski definition) is 1. The lowest BCUT2D eigenvalue weighted by Crippen LogP contribution is -2.30. The topological polar surface area (TPSA) is 33.7 Å². The maximum atomic E-state index is 9.15. The van der Waals surface area contributed by atoms with Gasteiger partial charge in [0, 0.05) is 5.75 Å². The normalized spacial score (nSPS) is 12.4. The van der Waals surface area contributed by atoms with Crippen molar-refractivity contribution in [3.63, 3.8) is 0 Å². The van der Waals surface area contributed by atoms with Crippen molar-refractivity contribution in [1.29, 1.82) is 5.41 Å². The van der Waals surface area contributed by atoms with Crippen LogP contribution >= 0.6 is 11.8 Å². The van der Waals surface area contributed by atoms with Crippen LogP contribution in [-0.2, 0) is 13.0 Å². The molecule has 0 aliphatic rings. The summed E-state index contributed by atoms with van der Waals surface area (Å²) in [5.74, 6) is 2.08. The maximum absolute atomic E-state index is 9.15. The molecule has 3 nitrogen and oxygen atoms in total. The minimum atomic E-state index is 0.240. The summed E-state index contributed by atoms with van der Waals surface area (Å²) in [6, 6.07) is 26.2. The number of aromatic nitrogens is 2. The summed E-state index contributed by atoms with van der Waals surface area (Å²) < 4.78 is 4.41. The first-order valence-corrected chi connectivity index (χ1v) is 12.2. The molecule has 0 unspecified atom stereocenters. The van der Waals surface area contributed by atoms with Crippen molar-refractivity contribution in [3.05, 3.63) is 101 Å². The highest BCUT2D eigenvalue weighted by atomic mass is 32.2. The molecule has 0 spiro atoms. The van der Waals surface area contributed by atoms with Crippen LogP contribution in [0.4, 0.5) is 0 Å². The molecule has 1 aromatic heterocycles. The van der Waals surface area contributed by atoms with E-state index < -0.39 is 0 Å². The predicted octanol–water partition coefficient (Wildman–Crippen LogP) is 6.12. The number of aryl methyl sites for hydroxylation is 2. The molecule has 4 heteroatoms. The minimum absolute atomic E-state index is 0.240. The highest BCUT2D eigenvalue weighted by Gasteiger charge is 2.19. The molecule has 160 valence electrons. The van der Waals surface area contributed by atoms with E-state index in [0.29, 0.717) is 12.2 Å². The zero-order valence-corrected chi connectivity index (χ0v) is 19.5. The lowest BCUT2D eigenvalue weighted by Gasteiger charge is -2.20. The standard InChI is InChI=1S/C27H31N3S/c1-4-31-19-24(17-22-13-9-20(2)10-14-22)30-26-8-6-5-7-25(26)29(27(30)28)18-23-15-11-21(3)12-16-23/h5-16,24,28H,4,17-19H2,1-3H3/t24-/m0/s1. The van der Waals surface area contributed by atoms with Crippen molar-refractivity contribution < 1.29 is 0 Å². The first-order chi connectivity index (χ1) is 15.1. The fourth-order valence-corrected chi connectivity index (χ4v) is 4.91. The maximum Gasteiger partial charge on any atom is 0.203 e. The quantitative estimate of drug-likeness (QED) is 0.359. The number of nitrogens with one attached hydrogen (secondary N) is 1. The highest BCUT2D eigenvalue weighted by Crippen LogP contribution is 2.24. The molecule has 0 radical (unpaired) electrons. The summed E-state index contributed by atoms with van der Waals surface area (Å²) in [7, 11) is 0. The molecule has 4 rings (SSSR count). The Bertz CT molecular complexity index is 1200. The molecule has 4 aromatic rings. The summed E-state index contributed by atoms with van der Waals surface area (Å²) in [6.07, 6.45) is 0.933. The van der Waals surface area contributed by atoms with Gasteiger partial charge in [-0.15, -0.1) is 0 Å². The number of para-hydroxylation sites is 2. The molecule has 1 atom stereocenters. The van der Waals surface area contributed by atoms with Gasteiger partial charge in [0.2, 0.25) is 5.62 Å².